The summed E-state index contributed by atoms with van der Waals surface area (Å²) in [6.07, 6.45) is 9.49. The maximum Gasteiger partial charge on any atom is 0.420 e. The molecule has 3 aliphatic rings. The van der Waals surface area contributed by atoms with Crippen molar-refractivity contribution in [2.45, 2.75) is 36.5 Å². The molecule has 2 aliphatic heterocycles. The van der Waals surface area contributed by atoms with Crippen LogP contribution in [0, 0.1) is 24.2 Å². The number of ketones is 1. The van der Waals surface area contributed by atoms with Crippen LogP contribution in [0.1, 0.15) is 24.8 Å². The molecule has 0 spiro atoms. The van der Waals surface area contributed by atoms with Gasteiger partial charge in [-0.3, -0.25) is 9.69 Å². The number of carbonyl (C=O) groups excluding carboxylic acids is 2. The number of epoxide rings is 1. The number of anilines is 1. The average molecular weight is 409 g/mol. The van der Waals surface area contributed by atoms with E-state index < -0.39 is 23.3 Å². The quantitative estimate of drug-likeness (QED) is 0.528. The Morgan fingerprint density at radius 2 is 1.94 bits per heavy atom. The third kappa shape index (κ3) is 2.71. The summed E-state index contributed by atoms with van der Waals surface area (Å²) in [5.74, 6) is 8.90. The van der Waals surface area contributed by atoms with E-state index in [1.165, 1.54) is 11.0 Å². The van der Waals surface area contributed by atoms with Gasteiger partial charge in [0, 0.05) is 12.0 Å². The van der Waals surface area contributed by atoms with Crippen molar-refractivity contribution in [2.75, 3.05) is 4.90 Å². The summed E-state index contributed by atoms with van der Waals surface area (Å²) in [7, 11) is 0. The fourth-order valence-corrected chi connectivity index (χ4v) is 4.84. The molecule has 1 saturated heterocycles. The van der Waals surface area contributed by atoms with E-state index in [9.17, 15) is 9.59 Å². The fraction of sp³-hybridized carbons (Fsp3) is 0.231. The van der Waals surface area contributed by atoms with E-state index in [0.717, 1.165) is 0 Å². The molecule has 0 radical (unpaired) electrons. The van der Waals surface area contributed by atoms with Crippen molar-refractivity contribution in [1.82, 2.24) is 0 Å². The third-order valence-electron chi connectivity index (χ3n) is 6.10. The molecule has 2 aromatic rings. The molecule has 5 rings (SSSR count). The molecule has 5 heteroatoms. The lowest BCUT2D eigenvalue weighted by molar-refractivity contribution is -0.125. The Labute approximate surface area is 180 Å². The second-order valence-corrected chi connectivity index (χ2v) is 7.71. The molecule has 2 aromatic carbocycles. The predicted octanol–water partition coefficient (Wildman–Crippen LogP) is 3.98. The smallest absolute Gasteiger partial charge is 0.410 e. The molecule has 1 saturated carbocycles. The van der Waals surface area contributed by atoms with Crippen LogP contribution in [0.15, 0.2) is 66.7 Å². The Morgan fingerprint density at radius 3 is 2.74 bits per heavy atom. The molecule has 1 amide bonds. The summed E-state index contributed by atoms with van der Waals surface area (Å²) < 4.78 is 12.0. The number of Topliss-reactive ketones (excluding diaryl/α,β-unsaturated/α-hetero) is 1. The highest BCUT2D eigenvalue weighted by molar-refractivity contribution is 6.02. The van der Waals surface area contributed by atoms with Gasteiger partial charge in [-0.15, -0.1) is 6.42 Å². The number of carbonyl (C=O) groups is 2. The molecule has 152 valence electrons. The minimum atomic E-state index is -1.06. The summed E-state index contributed by atoms with van der Waals surface area (Å²) in [6.45, 7) is 0. The van der Waals surface area contributed by atoms with Crippen molar-refractivity contribution >= 4 is 17.6 Å². The van der Waals surface area contributed by atoms with Crippen molar-refractivity contribution in [1.29, 1.82) is 0 Å². The molecule has 31 heavy (non-hydrogen) atoms. The Kier molecular flexibility index (Phi) is 4.43. The van der Waals surface area contributed by atoms with Crippen LogP contribution in [0.3, 0.4) is 0 Å². The van der Waals surface area contributed by atoms with Crippen LogP contribution in [-0.2, 0) is 15.1 Å². The highest BCUT2D eigenvalue weighted by atomic mass is 16.6. The summed E-state index contributed by atoms with van der Waals surface area (Å²) in [5.41, 5.74) is -0.668. The lowest BCUT2D eigenvalue weighted by atomic mass is 9.68. The van der Waals surface area contributed by atoms with Crippen LogP contribution < -0.4 is 9.64 Å². The number of ether oxygens (including phenoxy) is 2. The van der Waals surface area contributed by atoms with Gasteiger partial charge >= 0.3 is 6.09 Å². The summed E-state index contributed by atoms with van der Waals surface area (Å²) in [4.78, 5) is 28.0. The molecule has 3 atom stereocenters. The Balaban J connectivity index is 1.65. The second kappa shape index (κ2) is 7.16. The number of para-hydroxylation sites is 2. The van der Waals surface area contributed by atoms with Gasteiger partial charge in [-0.05, 0) is 43.2 Å². The standard InChI is InChI=1S/C26H19NO4/c1-2-3-4-8-16-22-25-18-11-17-23(28)26(25,31-25)20-14-9-10-15-21(20)27(22)24(29)30-19-12-6-5-7-13-19/h1,3-7,9-10,12-15,22H,11,17-18H2/b4-3-. The summed E-state index contributed by atoms with van der Waals surface area (Å²) in [5, 5.41) is 0. The van der Waals surface area contributed by atoms with E-state index in [-0.39, 0.29) is 5.78 Å². The van der Waals surface area contributed by atoms with Gasteiger partial charge in [0.2, 0.25) is 0 Å². The first-order chi connectivity index (χ1) is 15.1. The number of allylic oxidation sites excluding steroid dienone is 2. The van der Waals surface area contributed by atoms with Crippen LogP contribution in [-0.4, -0.2) is 23.5 Å². The topological polar surface area (TPSA) is 59.1 Å². The Morgan fingerprint density at radius 1 is 1.16 bits per heavy atom. The highest BCUT2D eigenvalue weighted by Gasteiger charge is 2.82. The molecule has 3 unspecified atom stereocenters. The molecule has 2 heterocycles. The van der Waals surface area contributed by atoms with Crippen molar-refractivity contribution < 1.29 is 19.1 Å². The second-order valence-electron chi connectivity index (χ2n) is 7.71. The van der Waals surface area contributed by atoms with Gasteiger partial charge in [0.25, 0.3) is 0 Å². The Bertz CT molecular complexity index is 1200. The van der Waals surface area contributed by atoms with E-state index in [2.05, 4.69) is 17.8 Å². The number of fused-ring (bicyclic) bond motifs is 1. The molecule has 0 N–H and O–H groups in total. The lowest BCUT2D eigenvalue weighted by Crippen LogP contribution is -2.58. The molecule has 0 aromatic heterocycles. The Hall–Kier alpha value is -3.80. The fourth-order valence-electron chi connectivity index (χ4n) is 4.84. The van der Waals surface area contributed by atoms with Gasteiger partial charge in [0.1, 0.15) is 17.4 Å². The number of terminal acetylenes is 1. The zero-order chi connectivity index (χ0) is 21.5. The largest absolute Gasteiger partial charge is 0.420 e. The maximum atomic E-state index is 13.4. The first-order valence-corrected chi connectivity index (χ1v) is 10.2. The first kappa shape index (κ1) is 19.2. The maximum absolute atomic E-state index is 13.4. The average Bonchev–Trinajstić information content (AvgIpc) is 3.50. The third-order valence-corrected chi connectivity index (χ3v) is 6.10. The first-order valence-electron chi connectivity index (χ1n) is 10.2. The number of nitrogens with zero attached hydrogens (tertiary/aromatic N) is 1. The zero-order valence-electron chi connectivity index (χ0n) is 16.7. The van der Waals surface area contributed by atoms with Gasteiger partial charge in [0.05, 0.1) is 5.69 Å². The van der Waals surface area contributed by atoms with Gasteiger partial charge < -0.3 is 9.47 Å². The highest BCUT2D eigenvalue weighted by Crippen LogP contribution is 2.68. The van der Waals surface area contributed by atoms with Crippen LogP contribution in [0.4, 0.5) is 10.5 Å². The van der Waals surface area contributed by atoms with E-state index in [1.807, 2.05) is 24.3 Å². The number of hydrogen-bond acceptors (Lipinski definition) is 4. The van der Waals surface area contributed by atoms with Gasteiger partial charge in [-0.2, -0.15) is 0 Å². The minimum absolute atomic E-state index is 0.0354. The van der Waals surface area contributed by atoms with Crippen molar-refractivity contribution in [3.05, 3.63) is 72.3 Å². The van der Waals surface area contributed by atoms with Gasteiger partial charge in [-0.1, -0.05) is 54.2 Å². The number of benzene rings is 2. The van der Waals surface area contributed by atoms with Crippen LogP contribution in [0.5, 0.6) is 5.75 Å². The van der Waals surface area contributed by atoms with E-state index in [0.29, 0.717) is 36.3 Å². The molecule has 0 bridgehead atoms. The lowest BCUT2D eigenvalue weighted by Gasteiger charge is -2.40. The summed E-state index contributed by atoms with van der Waals surface area (Å²) >= 11 is 0. The normalized spacial score (nSPS) is 27.8. The molecule has 1 aliphatic carbocycles. The van der Waals surface area contributed by atoms with Gasteiger partial charge in [0.15, 0.2) is 11.4 Å². The van der Waals surface area contributed by atoms with E-state index in [4.69, 9.17) is 15.9 Å². The van der Waals surface area contributed by atoms with Crippen LogP contribution >= 0.6 is 0 Å². The minimum Gasteiger partial charge on any atom is -0.410 e. The SMILES string of the molecule is C#C/C=C\C#CC1N(C(=O)Oc2ccccc2)c2ccccc2C23OC12CCCC3=O. The molecular formula is C26H19NO4. The van der Waals surface area contributed by atoms with Crippen LogP contribution in [0.25, 0.3) is 0 Å². The molecule has 2 fully saturated rings. The summed E-state index contributed by atoms with van der Waals surface area (Å²) in [6, 6.07) is 15.5. The zero-order valence-corrected chi connectivity index (χ0v) is 16.7. The van der Waals surface area contributed by atoms with Gasteiger partial charge in [-0.25, -0.2) is 4.79 Å². The van der Waals surface area contributed by atoms with Crippen molar-refractivity contribution in [2.24, 2.45) is 0 Å². The number of amides is 1. The number of rotatable bonds is 1. The van der Waals surface area contributed by atoms with Crippen molar-refractivity contribution in [3.63, 3.8) is 0 Å². The molecular weight excluding hydrogens is 390 g/mol. The number of hydrogen-bond donors (Lipinski definition) is 0. The van der Waals surface area contributed by atoms with E-state index >= 15 is 0 Å². The van der Waals surface area contributed by atoms with E-state index in [1.54, 1.807) is 36.4 Å². The van der Waals surface area contributed by atoms with Crippen LogP contribution in [0.2, 0.25) is 0 Å². The predicted molar refractivity (Wildman–Crippen MR) is 115 cm³/mol. The van der Waals surface area contributed by atoms with Crippen molar-refractivity contribution in [3.8, 4) is 29.9 Å². The monoisotopic (exact) mass is 409 g/mol. The molecule has 5 nitrogen and oxygen atoms in total.